The average Bonchev–Trinajstić information content (AvgIpc) is 3.58. The van der Waals surface area contributed by atoms with E-state index in [4.69, 9.17) is 9.47 Å². The molecule has 0 bridgehead atoms. The van der Waals surface area contributed by atoms with E-state index in [1.807, 2.05) is 66.7 Å². The number of carbonyl (C=O) groups excluding carboxylic acids is 4. The molecule has 3 amide bonds. The summed E-state index contributed by atoms with van der Waals surface area (Å²) in [5, 5.41) is 8.74. The maximum atomic E-state index is 13.8. The topological polar surface area (TPSA) is 123 Å². The molecule has 6 rings (SSSR count). The van der Waals surface area contributed by atoms with Crippen molar-refractivity contribution in [3.05, 3.63) is 148 Å². The number of anilines is 2. The number of amides is 3. The van der Waals surface area contributed by atoms with Gasteiger partial charge in [-0.1, -0.05) is 87.5 Å². The standard InChI is InChI=1S/C47H49N3O6S2/c1-6-55-46(54)41-38-25-22-34(47(3,4)5)27-40(38)58-45(41)50-42(51)30(2)57-37-19-13-18-35(28-37)48-44(53)39(49-43(52)33-16-11-8-12-17-33)26-31-20-23-36(24-21-31)56-29-32-14-9-7-10-15-32/h7-21,23-24,26,28,30,34H,6,22,25,27,29H2,1-5H3,(H,48,53)(H,49,52)(H,50,51)/b39-26+. The van der Waals surface area contributed by atoms with Gasteiger partial charge in [0, 0.05) is 21.0 Å². The number of fused-ring (bicyclic) bond motifs is 1. The second kappa shape index (κ2) is 19.2. The number of thiophene rings is 1. The molecule has 2 unspecified atom stereocenters. The largest absolute Gasteiger partial charge is 0.489 e. The Labute approximate surface area is 348 Å². The van der Waals surface area contributed by atoms with Crippen LogP contribution in [0.15, 0.2) is 120 Å². The molecular weight excluding hydrogens is 767 g/mol. The van der Waals surface area contributed by atoms with Crippen LogP contribution in [0.5, 0.6) is 5.75 Å². The molecule has 0 fully saturated rings. The molecule has 1 heterocycles. The molecule has 3 N–H and O–H groups in total. The molecule has 1 aliphatic rings. The van der Waals surface area contributed by atoms with Gasteiger partial charge in [-0.2, -0.15) is 0 Å². The van der Waals surface area contributed by atoms with Crippen molar-refractivity contribution in [3.8, 4) is 5.75 Å². The highest BCUT2D eigenvalue weighted by Crippen LogP contribution is 2.45. The lowest BCUT2D eigenvalue weighted by molar-refractivity contribution is -0.115. The first kappa shape index (κ1) is 42.0. The normalized spacial score (nSPS) is 14.4. The number of thioether (sulfide) groups is 1. The van der Waals surface area contributed by atoms with Crippen LogP contribution in [-0.2, 0) is 33.8 Å². The summed E-state index contributed by atoms with van der Waals surface area (Å²) in [5.74, 6) is -0.471. The zero-order valence-electron chi connectivity index (χ0n) is 33.4. The third kappa shape index (κ3) is 11.0. The Bertz CT molecular complexity index is 2260. The van der Waals surface area contributed by atoms with Crippen molar-refractivity contribution in [2.24, 2.45) is 11.3 Å². The fourth-order valence-corrected chi connectivity index (χ4v) is 8.90. The zero-order valence-corrected chi connectivity index (χ0v) is 35.1. The number of hydrogen-bond donors (Lipinski definition) is 3. The fraction of sp³-hybridized carbons (Fsp3) is 0.277. The van der Waals surface area contributed by atoms with Crippen LogP contribution in [-0.4, -0.2) is 35.5 Å². The monoisotopic (exact) mass is 815 g/mol. The second-order valence-corrected chi connectivity index (χ2v) is 17.7. The first-order valence-corrected chi connectivity index (χ1v) is 21.1. The Hall–Kier alpha value is -5.65. The Morgan fingerprint density at radius 2 is 1.60 bits per heavy atom. The van der Waals surface area contributed by atoms with Crippen molar-refractivity contribution in [2.75, 3.05) is 17.2 Å². The Kier molecular flexibility index (Phi) is 13.9. The third-order valence-corrected chi connectivity index (χ3v) is 12.2. The van der Waals surface area contributed by atoms with Gasteiger partial charge in [0.15, 0.2) is 0 Å². The Morgan fingerprint density at radius 1 is 0.897 bits per heavy atom. The minimum atomic E-state index is -0.539. The molecule has 11 heteroatoms. The van der Waals surface area contributed by atoms with Gasteiger partial charge in [-0.25, -0.2) is 4.79 Å². The third-order valence-electron chi connectivity index (χ3n) is 9.95. The fourth-order valence-electron chi connectivity index (χ4n) is 6.66. The van der Waals surface area contributed by atoms with Gasteiger partial charge in [-0.15, -0.1) is 23.1 Å². The highest BCUT2D eigenvalue weighted by molar-refractivity contribution is 8.00. The molecule has 5 aromatic rings. The van der Waals surface area contributed by atoms with Gasteiger partial charge < -0.3 is 25.4 Å². The van der Waals surface area contributed by atoms with Crippen molar-refractivity contribution >= 4 is 63.6 Å². The predicted molar refractivity (Wildman–Crippen MR) is 233 cm³/mol. The first-order chi connectivity index (χ1) is 27.9. The smallest absolute Gasteiger partial charge is 0.341 e. The van der Waals surface area contributed by atoms with Gasteiger partial charge >= 0.3 is 5.97 Å². The number of benzene rings is 4. The van der Waals surface area contributed by atoms with Crippen LogP contribution in [0.25, 0.3) is 6.08 Å². The summed E-state index contributed by atoms with van der Waals surface area (Å²) < 4.78 is 11.4. The van der Waals surface area contributed by atoms with E-state index < -0.39 is 23.0 Å². The summed E-state index contributed by atoms with van der Waals surface area (Å²) in [7, 11) is 0. The van der Waals surface area contributed by atoms with E-state index in [1.165, 1.54) is 23.1 Å². The Morgan fingerprint density at radius 3 is 2.29 bits per heavy atom. The van der Waals surface area contributed by atoms with Crippen LogP contribution in [0.1, 0.15) is 83.3 Å². The summed E-state index contributed by atoms with van der Waals surface area (Å²) in [5.41, 5.74) is 4.25. The molecule has 0 radical (unpaired) electrons. The van der Waals surface area contributed by atoms with Crippen molar-refractivity contribution in [1.82, 2.24) is 5.32 Å². The molecule has 0 aliphatic heterocycles. The van der Waals surface area contributed by atoms with E-state index in [0.29, 0.717) is 45.7 Å². The van der Waals surface area contributed by atoms with Gasteiger partial charge in [0.1, 0.15) is 23.1 Å². The van der Waals surface area contributed by atoms with Crippen molar-refractivity contribution < 1.29 is 28.7 Å². The van der Waals surface area contributed by atoms with Crippen LogP contribution in [0.2, 0.25) is 0 Å². The van der Waals surface area contributed by atoms with Crippen molar-refractivity contribution in [2.45, 2.75) is 70.6 Å². The molecule has 0 saturated heterocycles. The van der Waals surface area contributed by atoms with Crippen LogP contribution in [0.3, 0.4) is 0 Å². The number of hydrogen-bond acceptors (Lipinski definition) is 8. The molecule has 9 nitrogen and oxygen atoms in total. The molecule has 0 saturated carbocycles. The van der Waals surface area contributed by atoms with Crippen LogP contribution in [0.4, 0.5) is 10.7 Å². The zero-order chi connectivity index (χ0) is 41.2. The van der Waals surface area contributed by atoms with Gasteiger partial charge in [-0.3, -0.25) is 14.4 Å². The average molecular weight is 816 g/mol. The lowest BCUT2D eigenvalue weighted by Gasteiger charge is -2.33. The number of rotatable bonds is 14. The highest BCUT2D eigenvalue weighted by Gasteiger charge is 2.35. The molecule has 58 heavy (non-hydrogen) atoms. The van der Waals surface area contributed by atoms with Crippen LogP contribution >= 0.6 is 23.1 Å². The second-order valence-electron chi connectivity index (χ2n) is 15.2. The summed E-state index contributed by atoms with van der Waals surface area (Å²) in [4.78, 5) is 55.7. The van der Waals surface area contributed by atoms with Crippen LogP contribution < -0.4 is 20.7 Å². The molecule has 2 atom stereocenters. The summed E-state index contributed by atoms with van der Waals surface area (Å²) in [6, 6.07) is 33.0. The van der Waals surface area contributed by atoms with Gasteiger partial charge in [-0.05, 0) is 110 Å². The van der Waals surface area contributed by atoms with Crippen molar-refractivity contribution in [3.63, 3.8) is 0 Å². The van der Waals surface area contributed by atoms with E-state index in [1.54, 1.807) is 62.4 Å². The molecule has 0 spiro atoms. The number of esters is 1. The predicted octanol–water partition coefficient (Wildman–Crippen LogP) is 10.2. The summed E-state index contributed by atoms with van der Waals surface area (Å²) in [6.07, 6.45) is 4.21. The van der Waals surface area contributed by atoms with Gasteiger partial charge in [0.05, 0.1) is 17.4 Å². The maximum Gasteiger partial charge on any atom is 0.341 e. The summed E-state index contributed by atoms with van der Waals surface area (Å²) >= 11 is 2.80. The minimum Gasteiger partial charge on any atom is -0.489 e. The van der Waals surface area contributed by atoms with E-state index in [-0.39, 0.29) is 23.6 Å². The Balaban J connectivity index is 1.15. The SMILES string of the molecule is CCOC(=O)c1c(NC(=O)C(C)Sc2cccc(NC(=O)/C(=C\c3ccc(OCc4ccccc4)cc3)NC(=O)c3ccccc3)c2)sc2c1CCC(C(C)(C)C)C2. The number of ether oxygens (including phenoxy) is 2. The maximum absolute atomic E-state index is 13.8. The lowest BCUT2D eigenvalue weighted by Crippen LogP contribution is -2.30. The van der Waals surface area contributed by atoms with E-state index >= 15 is 0 Å². The molecule has 4 aromatic carbocycles. The first-order valence-electron chi connectivity index (χ1n) is 19.4. The number of carbonyl (C=O) groups is 4. The van der Waals surface area contributed by atoms with Crippen molar-refractivity contribution in [1.29, 1.82) is 0 Å². The van der Waals surface area contributed by atoms with E-state index in [0.717, 1.165) is 40.2 Å². The van der Waals surface area contributed by atoms with Gasteiger partial charge in [0.2, 0.25) is 5.91 Å². The van der Waals surface area contributed by atoms with E-state index in [9.17, 15) is 19.2 Å². The van der Waals surface area contributed by atoms with Gasteiger partial charge in [0.25, 0.3) is 11.8 Å². The molecular formula is C47H49N3O6S2. The molecule has 1 aliphatic carbocycles. The minimum absolute atomic E-state index is 0.0440. The lowest BCUT2D eigenvalue weighted by atomic mass is 9.72. The molecule has 300 valence electrons. The highest BCUT2D eigenvalue weighted by atomic mass is 32.2. The van der Waals surface area contributed by atoms with E-state index in [2.05, 4.69) is 36.7 Å². The number of nitrogens with one attached hydrogen (secondary N) is 3. The quantitative estimate of drug-likeness (QED) is 0.0579. The molecule has 1 aromatic heterocycles. The summed E-state index contributed by atoms with van der Waals surface area (Å²) in [6.45, 7) is 11.0. The van der Waals surface area contributed by atoms with Crippen LogP contribution in [0, 0.1) is 11.3 Å².